The van der Waals surface area contributed by atoms with Crippen molar-refractivity contribution in [3.63, 3.8) is 0 Å². The summed E-state index contributed by atoms with van der Waals surface area (Å²) in [5, 5.41) is 7.23. The van der Waals surface area contributed by atoms with E-state index in [0.717, 1.165) is 57.9 Å². The highest BCUT2D eigenvalue weighted by Gasteiger charge is 2.58. The first-order chi connectivity index (χ1) is 11.9. The van der Waals surface area contributed by atoms with Crippen LogP contribution in [0.1, 0.15) is 46.5 Å². The van der Waals surface area contributed by atoms with Gasteiger partial charge in [-0.25, -0.2) is 0 Å². The third kappa shape index (κ3) is 4.66. The monoisotopic (exact) mass is 354 g/mol. The molecule has 2 fully saturated rings. The summed E-state index contributed by atoms with van der Waals surface area (Å²) < 4.78 is 10.9. The summed E-state index contributed by atoms with van der Waals surface area (Å²) in [7, 11) is 5.44. The molecule has 6 nitrogen and oxygen atoms in total. The molecule has 1 saturated carbocycles. The molecule has 1 saturated heterocycles. The number of aliphatic imine (C=N–C) groups is 1. The summed E-state index contributed by atoms with van der Waals surface area (Å²) in [6.07, 6.45) is 4.46. The van der Waals surface area contributed by atoms with Crippen LogP contribution >= 0.6 is 0 Å². The lowest BCUT2D eigenvalue weighted by Crippen LogP contribution is -2.69. The standard InChI is InChI=1S/C19H38N4O2/c1-18(2)16(14-19(18,3)25-6)22-17(20-4)21-15-8-11-23(12-9-15)10-7-13-24-5/h15-16H,7-14H2,1-6H3,(H2,20,21,22). The lowest BCUT2D eigenvalue weighted by Gasteiger charge is -2.59. The smallest absolute Gasteiger partial charge is 0.191 e. The molecule has 0 aromatic heterocycles. The van der Waals surface area contributed by atoms with Gasteiger partial charge in [0.05, 0.1) is 5.60 Å². The Morgan fingerprint density at radius 2 is 1.84 bits per heavy atom. The Hall–Kier alpha value is -0.850. The van der Waals surface area contributed by atoms with E-state index < -0.39 is 0 Å². The van der Waals surface area contributed by atoms with Gasteiger partial charge in [0.25, 0.3) is 0 Å². The Balaban J connectivity index is 1.75. The molecule has 1 aliphatic heterocycles. The van der Waals surface area contributed by atoms with Crippen LogP contribution < -0.4 is 10.6 Å². The van der Waals surface area contributed by atoms with Crippen molar-refractivity contribution in [2.45, 2.75) is 64.1 Å². The van der Waals surface area contributed by atoms with Gasteiger partial charge in [-0.2, -0.15) is 0 Å². The third-order valence-corrected chi connectivity index (χ3v) is 6.56. The van der Waals surface area contributed by atoms with Gasteiger partial charge in [0.1, 0.15) is 0 Å². The van der Waals surface area contributed by atoms with Crippen LogP contribution in [0.2, 0.25) is 0 Å². The van der Waals surface area contributed by atoms with Gasteiger partial charge >= 0.3 is 0 Å². The van der Waals surface area contributed by atoms with Crippen LogP contribution in [0.3, 0.4) is 0 Å². The zero-order chi connectivity index (χ0) is 18.5. The molecular formula is C19H38N4O2. The summed E-state index contributed by atoms with van der Waals surface area (Å²) in [6, 6.07) is 0.889. The minimum absolute atomic E-state index is 0.0585. The molecule has 1 heterocycles. The molecule has 6 heteroatoms. The normalized spacial score (nSPS) is 30.8. The quantitative estimate of drug-likeness (QED) is 0.415. The Bertz CT molecular complexity index is 447. The predicted octanol–water partition coefficient (Wildman–Crippen LogP) is 1.86. The van der Waals surface area contributed by atoms with E-state index in [9.17, 15) is 0 Å². The zero-order valence-corrected chi connectivity index (χ0v) is 17.0. The van der Waals surface area contributed by atoms with E-state index in [1.807, 2.05) is 14.2 Å². The molecule has 2 unspecified atom stereocenters. The van der Waals surface area contributed by atoms with Crippen molar-refractivity contribution in [2.24, 2.45) is 10.4 Å². The molecule has 2 aliphatic rings. The highest BCUT2D eigenvalue weighted by molar-refractivity contribution is 5.80. The van der Waals surface area contributed by atoms with Gasteiger partial charge in [0, 0.05) is 65.0 Å². The lowest BCUT2D eigenvalue weighted by molar-refractivity contribution is -0.176. The van der Waals surface area contributed by atoms with Crippen molar-refractivity contribution in [1.29, 1.82) is 0 Å². The second-order valence-electron chi connectivity index (χ2n) is 8.24. The number of guanidine groups is 1. The number of likely N-dealkylation sites (tertiary alicyclic amines) is 1. The van der Waals surface area contributed by atoms with Crippen LogP contribution in [-0.2, 0) is 9.47 Å². The number of methoxy groups -OCH3 is 2. The fourth-order valence-electron chi connectivity index (χ4n) is 3.99. The third-order valence-electron chi connectivity index (χ3n) is 6.56. The second-order valence-corrected chi connectivity index (χ2v) is 8.24. The van der Waals surface area contributed by atoms with Crippen LogP contribution in [0.5, 0.6) is 0 Å². The molecule has 0 bridgehead atoms. The van der Waals surface area contributed by atoms with Crippen LogP contribution in [0.25, 0.3) is 0 Å². The molecule has 0 radical (unpaired) electrons. The van der Waals surface area contributed by atoms with Crippen LogP contribution in [-0.4, -0.2) is 76.1 Å². The van der Waals surface area contributed by atoms with Crippen molar-refractivity contribution in [1.82, 2.24) is 15.5 Å². The summed E-state index contributed by atoms with van der Waals surface area (Å²) in [4.78, 5) is 6.98. The van der Waals surface area contributed by atoms with E-state index in [0.29, 0.717) is 12.1 Å². The van der Waals surface area contributed by atoms with Crippen LogP contribution in [0.4, 0.5) is 0 Å². The molecule has 2 rings (SSSR count). The van der Waals surface area contributed by atoms with Crippen molar-refractivity contribution in [3.05, 3.63) is 0 Å². The van der Waals surface area contributed by atoms with E-state index in [4.69, 9.17) is 9.47 Å². The first-order valence-electron chi connectivity index (χ1n) is 9.62. The fraction of sp³-hybridized carbons (Fsp3) is 0.947. The number of hydrogen-bond donors (Lipinski definition) is 2. The second kappa shape index (κ2) is 8.69. The highest BCUT2D eigenvalue weighted by Crippen LogP contribution is 2.51. The number of hydrogen-bond acceptors (Lipinski definition) is 4. The van der Waals surface area contributed by atoms with E-state index >= 15 is 0 Å². The van der Waals surface area contributed by atoms with Gasteiger partial charge in [-0.05, 0) is 32.6 Å². The van der Waals surface area contributed by atoms with E-state index in [2.05, 4.69) is 41.3 Å². The molecule has 2 N–H and O–H groups in total. The topological polar surface area (TPSA) is 58.1 Å². The van der Waals surface area contributed by atoms with Crippen molar-refractivity contribution in [3.8, 4) is 0 Å². The number of ether oxygens (including phenoxy) is 2. The number of piperidine rings is 1. The van der Waals surface area contributed by atoms with E-state index in [-0.39, 0.29) is 11.0 Å². The summed E-state index contributed by atoms with van der Waals surface area (Å²) in [6.45, 7) is 11.0. The first kappa shape index (κ1) is 20.5. The molecule has 2 atom stereocenters. The van der Waals surface area contributed by atoms with Gasteiger partial charge in [0.15, 0.2) is 5.96 Å². The number of nitrogens with one attached hydrogen (secondary N) is 2. The largest absolute Gasteiger partial charge is 0.385 e. The molecule has 0 amide bonds. The Labute approximate surface area is 153 Å². The van der Waals surface area contributed by atoms with Crippen LogP contribution in [0.15, 0.2) is 4.99 Å². The summed E-state index contributed by atoms with van der Waals surface area (Å²) >= 11 is 0. The summed E-state index contributed by atoms with van der Waals surface area (Å²) in [5.74, 6) is 0.925. The van der Waals surface area contributed by atoms with Gasteiger partial charge in [0.2, 0.25) is 0 Å². The van der Waals surface area contributed by atoms with E-state index in [1.54, 1.807) is 7.11 Å². The van der Waals surface area contributed by atoms with Crippen LogP contribution in [0, 0.1) is 5.41 Å². The van der Waals surface area contributed by atoms with Crippen molar-refractivity contribution >= 4 is 5.96 Å². The maximum absolute atomic E-state index is 5.72. The van der Waals surface area contributed by atoms with Gasteiger partial charge < -0.3 is 25.0 Å². The SMILES string of the molecule is CN=C(NC1CCN(CCCOC)CC1)NC1CC(C)(OC)C1(C)C. The molecular weight excluding hydrogens is 316 g/mol. The predicted molar refractivity (Wildman–Crippen MR) is 103 cm³/mol. The highest BCUT2D eigenvalue weighted by atomic mass is 16.5. The average Bonchev–Trinajstić information content (AvgIpc) is 2.61. The van der Waals surface area contributed by atoms with Crippen molar-refractivity contribution < 1.29 is 9.47 Å². The molecule has 1 aliphatic carbocycles. The number of rotatable bonds is 7. The number of nitrogens with zero attached hydrogens (tertiary/aromatic N) is 2. The Morgan fingerprint density at radius 1 is 1.16 bits per heavy atom. The average molecular weight is 355 g/mol. The molecule has 25 heavy (non-hydrogen) atoms. The van der Waals surface area contributed by atoms with Gasteiger partial charge in [-0.15, -0.1) is 0 Å². The zero-order valence-electron chi connectivity index (χ0n) is 17.0. The fourth-order valence-corrected chi connectivity index (χ4v) is 3.99. The lowest BCUT2D eigenvalue weighted by atomic mass is 9.56. The van der Waals surface area contributed by atoms with Crippen molar-refractivity contribution in [2.75, 3.05) is 47.5 Å². The molecule has 146 valence electrons. The summed E-state index contributed by atoms with van der Waals surface area (Å²) in [5.41, 5.74) is 0.0289. The minimum atomic E-state index is -0.0585. The maximum atomic E-state index is 5.72. The van der Waals surface area contributed by atoms with E-state index in [1.165, 1.54) is 0 Å². The van der Waals surface area contributed by atoms with Gasteiger partial charge in [-0.1, -0.05) is 13.8 Å². The maximum Gasteiger partial charge on any atom is 0.191 e. The minimum Gasteiger partial charge on any atom is -0.385 e. The Morgan fingerprint density at radius 3 is 2.36 bits per heavy atom. The molecule has 0 spiro atoms. The Kier molecular flexibility index (Phi) is 7.11. The molecule has 0 aromatic carbocycles. The van der Waals surface area contributed by atoms with Gasteiger partial charge in [-0.3, -0.25) is 4.99 Å². The first-order valence-corrected chi connectivity index (χ1v) is 9.62. The molecule has 0 aromatic rings.